The third-order valence-electron chi connectivity index (χ3n) is 3.14. The van der Waals surface area contributed by atoms with Crippen LogP contribution < -0.4 is 10.1 Å². The normalized spacial score (nSPS) is 12.4. The van der Waals surface area contributed by atoms with Crippen molar-refractivity contribution in [3.05, 3.63) is 23.9 Å². The van der Waals surface area contributed by atoms with Crippen LogP contribution in [-0.2, 0) is 6.42 Å². The third-order valence-corrected chi connectivity index (χ3v) is 3.14. The van der Waals surface area contributed by atoms with E-state index in [9.17, 15) is 0 Å². The van der Waals surface area contributed by atoms with E-state index >= 15 is 0 Å². The summed E-state index contributed by atoms with van der Waals surface area (Å²) in [6.45, 7) is 5.44. The molecule has 3 nitrogen and oxygen atoms in total. The number of nitrogens with zero attached hydrogens (tertiary/aromatic N) is 1. The van der Waals surface area contributed by atoms with Gasteiger partial charge in [0.15, 0.2) is 0 Å². The van der Waals surface area contributed by atoms with Crippen molar-refractivity contribution in [2.24, 2.45) is 0 Å². The number of aromatic nitrogens is 1. The van der Waals surface area contributed by atoms with Crippen LogP contribution in [0.5, 0.6) is 5.88 Å². The Balaban J connectivity index is 2.47. The minimum Gasteiger partial charge on any atom is -0.481 e. The molecule has 0 fully saturated rings. The second-order valence-electron chi connectivity index (χ2n) is 4.66. The fourth-order valence-corrected chi connectivity index (χ4v) is 2.14. The number of rotatable bonds is 9. The topological polar surface area (TPSA) is 34.1 Å². The summed E-state index contributed by atoms with van der Waals surface area (Å²) in [4.78, 5) is 4.26. The number of likely N-dealkylation sites (N-methyl/N-ethyl adjacent to an activating group) is 1. The van der Waals surface area contributed by atoms with E-state index in [0.29, 0.717) is 11.9 Å². The fraction of sp³-hybridized carbons (Fsp3) is 0.667. The van der Waals surface area contributed by atoms with Gasteiger partial charge in [-0.15, -0.1) is 0 Å². The number of ether oxygens (including phenoxy) is 1. The third kappa shape index (κ3) is 5.50. The second kappa shape index (κ2) is 8.92. The first-order chi connectivity index (χ1) is 8.80. The van der Waals surface area contributed by atoms with E-state index < -0.39 is 0 Å². The zero-order chi connectivity index (χ0) is 13.2. The molecule has 3 heteroatoms. The van der Waals surface area contributed by atoms with Crippen LogP contribution in [0.25, 0.3) is 0 Å². The zero-order valence-electron chi connectivity index (χ0n) is 11.9. The summed E-state index contributed by atoms with van der Waals surface area (Å²) in [6.07, 6.45) is 8.12. The molecule has 0 saturated carbocycles. The van der Waals surface area contributed by atoms with E-state index in [1.807, 2.05) is 12.3 Å². The van der Waals surface area contributed by atoms with Crippen LogP contribution in [0.1, 0.15) is 45.1 Å². The van der Waals surface area contributed by atoms with Crippen molar-refractivity contribution in [1.82, 2.24) is 10.3 Å². The van der Waals surface area contributed by atoms with Crippen molar-refractivity contribution in [3.63, 3.8) is 0 Å². The Kier molecular flexibility index (Phi) is 7.42. The van der Waals surface area contributed by atoms with Crippen molar-refractivity contribution < 1.29 is 4.74 Å². The van der Waals surface area contributed by atoms with E-state index in [1.165, 1.54) is 31.2 Å². The van der Waals surface area contributed by atoms with E-state index in [1.54, 1.807) is 7.11 Å². The highest BCUT2D eigenvalue weighted by molar-refractivity contribution is 5.18. The van der Waals surface area contributed by atoms with Crippen LogP contribution in [-0.4, -0.2) is 24.7 Å². The van der Waals surface area contributed by atoms with E-state index in [0.717, 1.165) is 13.0 Å². The summed E-state index contributed by atoms with van der Waals surface area (Å²) in [5, 5.41) is 3.56. The lowest BCUT2D eigenvalue weighted by Crippen LogP contribution is -2.30. The standard InChI is InChI=1S/C15H26N2O/c1-4-6-7-8-14(16-5-2)11-13-9-10-15(18-3)17-12-13/h9-10,12,14,16H,4-8,11H2,1-3H3. The maximum absolute atomic E-state index is 5.07. The van der Waals surface area contributed by atoms with Gasteiger partial charge in [-0.25, -0.2) is 4.98 Å². The highest BCUT2D eigenvalue weighted by atomic mass is 16.5. The van der Waals surface area contributed by atoms with Crippen LogP contribution >= 0.6 is 0 Å². The van der Waals surface area contributed by atoms with Gasteiger partial charge in [-0.1, -0.05) is 39.2 Å². The molecule has 0 bridgehead atoms. The molecule has 18 heavy (non-hydrogen) atoms. The molecule has 1 unspecified atom stereocenters. The van der Waals surface area contributed by atoms with Gasteiger partial charge in [0.1, 0.15) is 0 Å². The van der Waals surface area contributed by atoms with Crippen LogP contribution in [0.2, 0.25) is 0 Å². The van der Waals surface area contributed by atoms with E-state index in [2.05, 4.69) is 30.2 Å². The van der Waals surface area contributed by atoms with Gasteiger partial charge in [0, 0.05) is 18.3 Å². The van der Waals surface area contributed by atoms with Crippen molar-refractivity contribution in [2.45, 2.75) is 52.0 Å². The van der Waals surface area contributed by atoms with E-state index in [4.69, 9.17) is 4.74 Å². The van der Waals surface area contributed by atoms with Crippen molar-refractivity contribution in [1.29, 1.82) is 0 Å². The Morgan fingerprint density at radius 2 is 2.11 bits per heavy atom. The van der Waals surface area contributed by atoms with Crippen LogP contribution in [0.15, 0.2) is 18.3 Å². The molecule has 102 valence electrons. The monoisotopic (exact) mass is 250 g/mol. The Bertz CT molecular complexity index is 311. The number of nitrogens with one attached hydrogen (secondary N) is 1. The number of hydrogen-bond acceptors (Lipinski definition) is 3. The second-order valence-corrected chi connectivity index (χ2v) is 4.66. The molecule has 1 aromatic heterocycles. The molecule has 0 aromatic carbocycles. The first-order valence-corrected chi connectivity index (χ1v) is 7.02. The largest absolute Gasteiger partial charge is 0.481 e. The highest BCUT2D eigenvalue weighted by Gasteiger charge is 2.08. The van der Waals surface area contributed by atoms with Crippen LogP contribution in [0, 0.1) is 0 Å². The number of pyridine rings is 1. The maximum Gasteiger partial charge on any atom is 0.212 e. The summed E-state index contributed by atoms with van der Waals surface area (Å²) in [5.74, 6) is 0.685. The van der Waals surface area contributed by atoms with Gasteiger partial charge < -0.3 is 10.1 Å². The fourth-order valence-electron chi connectivity index (χ4n) is 2.14. The van der Waals surface area contributed by atoms with Crippen molar-refractivity contribution in [2.75, 3.05) is 13.7 Å². The highest BCUT2D eigenvalue weighted by Crippen LogP contribution is 2.12. The maximum atomic E-state index is 5.07. The van der Waals surface area contributed by atoms with Gasteiger partial charge in [0.25, 0.3) is 0 Å². The van der Waals surface area contributed by atoms with Crippen molar-refractivity contribution >= 4 is 0 Å². The zero-order valence-corrected chi connectivity index (χ0v) is 11.9. The minimum atomic E-state index is 0.566. The number of hydrogen-bond donors (Lipinski definition) is 1. The predicted octanol–water partition coefficient (Wildman–Crippen LogP) is 3.19. The minimum absolute atomic E-state index is 0.566. The van der Waals surface area contributed by atoms with Crippen LogP contribution in [0.4, 0.5) is 0 Å². The SMILES string of the molecule is CCCCCC(Cc1ccc(OC)nc1)NCC. The molecule has 0 radical (unpaired) electrons. The molecule has 1 N–H and O–H groups in total. The summed E-state index contributed by atoms with van der Waals surface area (Å²) < 4.78 is 5.07. The molecule has 1 aromatic rings. The Labute approximate surface area is 111 Å². The van der Waals surface area contributed by atoms with Gasteiger partial charge in [-0.05, 0) is 24.9 Å². The molecule has 0 aliphatic rings. The molecule has 0 amide bonds. The Hall–Kier alpha value is -1.09. The number of unbranched alkanes of at least 4 members (excludes halogenated alkanes) is 2. The molecular formula is C15H26N2O. The van der Waals surface area contributed by atoms with Gasteiger partial charge in [0.05, 0.1) is 7.11 Å². The Morgan fingerprint density at radius 3 is 2.67 bits per heavy atom. The average molecular weight is 250 g/mol. The lowest BCUT2D eigenvalue weighted by Gasteiger charge is -2.17. The Morgan fingerprint density at radius 1 is 1.28 bits per heavy atom. The van der Waals surface area contributed by atoms with Gasteiger partial charge in [0.2, 0.25) is 5.88 Å². The van der Waals surface area contributed by atoms with Gasteiger partial charge >= 0.3 is 0 Å². The molecule has 0 aliphatic heterocycles. The smallest absolute Gasteiger partial charge is 0.212 e. The van der Waals surface area contributed by atoms with Crippen molar-refractivity contribution in [3.8, 4) is 5.88 Å². The molecule has 1 atom stereocenters. The number of methoxy groups -OCH3 is 1. The molecule has 0 aliphatic carbocycles. The summed E-state index contributed by atoms with van der Waals surface area (Å²) in [5.41, 5.74) is 1.28. The molecular weight excluding hydrogens is 224 g/mol. The molecule has 1 heterocycles. The van der Waals surface area contributed by atoms with E-state index in [-0.39, 0.29) is 0 Å². The molecule has 1 rings (SSSR count). The molecule has 0 spiro atoms. The molecule has 0 saturated heterocycles. The quantitative estimate of drug-likeness (QED) is 0.683. The summed E-state index contributed by atoms with van der Waals surface area (Å²) in [6, 6.07) is 4.61. The first-order valence-electron chi connectivity index (χ1n) is 7.02. The summed E-state index contributed by atoms with van der Waals surface area (Å²) >= 11 is 0. The lowest BCUT2D eigenvalue weighted by molar-refractivity contribution is 0.397. The lowest BCUT2D eigenvalue weighted by atomic mass is 10.0. The first kappa shape index (κ1) is 15.0. The van der Waals surface area contributed by atoms with Gasteiger partial charge in [-0.3, -0.25) is 0 Å². The average Bonchev–Trinajstić information content (AvgIpc) is 2.40. The van der Waals surface area contributed by atoms with Crippen LogP contribution in [0.3, 0.4) is 0 Å². The summed E-state index contributed by atoms with van der Waals surface area (Å²) in [7, 11) is 1.65. The predicted molar refractivity (Wildman–Crippen MR) is 76.1 cm³/mol. The van der Waals surface area contributed by atoms with Gasteiger partial charge in [-0.2, -0.15) is 0 Å².